The smallest absolute Gasteiger partial charge is 0.408 e. The number of ether oxygens (including phenoxy) is 2. The van der Waals surface area contributed by atoms with E-state index in [1.165, 1.54) is 0 Å². The molecule has 1 atom stereocenters. The van der Waals surface area contributed by atoms with Crippen LogP contribution in [0.2, 0.25) is 0 Å². The summed E-state index contributed by atoms with van der Waals surface area (Å²) in [5, 5.41) is 2.44. The van der Waals surface area contributed by atoms with Gasteiger partial charge in [-0.05, 0) is 52.3 Å². The Balaban J connectivity index is 2.53. The topological polar surface area (TPSA) is 64.6 Å². The standard InChI is InChI=1S/C15H21NO4/c1-10-7-6-8-12(9-10)19-13(17)11(2)16-14(18)20-15(3,4)5/h6-9,11H,1-5H3,(H,16,18). The normalized spacial score (nSPS) is 12.4. The lowest BCUT2D eigenvalue weighted by Gasteiger charge is -2.21. The maximum Gasteiger partial charge on any atom is 0.408 e. The van der Waals surface area contributed by atoms with Gasteiger partial charge in [-0.2, -0.15) is 0 Å². The van der Waals surface area contributed by atoms with Gasteiger partial charge in [0.2, 0.25) is 0 Å². The van der Waals surface area contributed by atoms with Crippen LogP contribution in [0.1, 0.15) is 33.3 Å². The van der Waals surface area contributed by atoms with E-state index in [-0.39, 0.29) is 0 Å². The van der Waals surface area contributed by atoms with Crippen molar-refractivity contribution >= 4 is 12.1 Å². The van der Waals surface area contributed by atoms with Gasteiger partial charge in [0, 0.05) is 0 Å². The van der Waals surface area contributed by atoms with Crippen LogP contribution in [0.15, 0.2) is 24.3 Å². The van der Waals surface area contributed by atoms with Crippen LogP contribution in [-0.2, 0) is 9.53 Å². The summed E-state index contributed by atoms with van der Waals surface area (Å²) >= 11 is 0. The van der Waals surface area contributed by atoms with Crippen LogP contribution < -0.4 is 10.1 Å². The average molecular weight is 279 g/mol. The molecule has 0 bridgehead atoms. The highest BCUT2D eigenvalue weighted by Gasteiger charge is 2.22. The van der Waals surface area contributed by atoms with Crippen molar-refractivity contribution in [1.82, 2.24) is 5.32 Å². The molecule has 0 aromatic heterocycles. The monoisotopic (exact) mass is 279 g/mol. The zero-order chi connectivity index (χ0) is 15.3. The third-order valence-corrected chi connectivity index (χ3v) is 2.29. The first-order valence-corrected chi connectivity index (χ1v) is 6.45. The van der Waals surface area contributed by atoms with Crippen LogP contribution in [0.5, 0.6) is 5.75 Å². The first-order valence-electron chi connectivity index (χ1n) is 6.45. The van der Waals surface area contributed by atoms with E-state index in [0.717, 1.165) is 5.56 Å². The minimum absolute atomic E-state index is 0.452. The molecule has 0 aliphatic rings. The van der Waals surface area contributed by atoms with E-state index in [2.05, 4.69) is 5.32 Å². The van der Waals surface area contributed by atoms with Crippen LogP contribution in [0.4, 0.5) is 4.79 Å². The van der Waals surface area contributed by atoms with Gasteiger partial charge in [0.15, 0.2) is 0 Å². The lowest BCUT2D eigenvalue weighted by Crippen LogP contribution is -2.43. The second kappa shape index (κ2) is 6.41. The van der Waals surface area contributed by atoms with E-state index in [4.69, 9.17) is 9.47 Å². The fourth-order valence-electron chi connectivity index (χ4n) is 1.43. The summed E-state index contributed by atoms with van der Waals surface area (Å²) in [5.41, 5.74) is 0.382. The number of amides is 1. The molecule has 1 aromatic rings. The summed E-state index contributed by atoms with van der Waals surface area (Å²) < 4.78 is 10.2. The summed E-state index contributed by atoms with van der Waals surface area (Å²) in [6.45, 7) is 8.70. The van der Waals surface area contributed by atoms with Gasteiger partial charge in [0.05, 0.1) is 0 Å². The van der Waals surface area contributed by atoms with E-state index in [1.54, 1.807) is 45.9 Å². The van der Waals surface area contributed by atoms with Crippen LogP contribution >= 0.6 is 0 Å². The van der Waals surface area contributed by atoms with E-state index in [1.807, 2.05) is 13.0 Å². The molecule has 1 aromatic carbocycles. The Morgan fingerprint density at radius 2 is 1.90 bits per heavy atom. The fraction of sp³-hybridized carbons (Fsp3) is 0.467. The number of aryl methyl sites for hydroxylation is 1. The maximum atomic E-state index is 11.8. The first-order chi connectivity index (χ1) is 9.17. The van der Waals surface area contributed by atoms with Crippen molar-refractivity contribution in [3.05, 3.63) is 29.8 Å². The van der Waals surface area contributed by atoms with Gasteiger partial charge in [0.1, 0.15) is 17.4 Å². The molecule has 1 rings (SSSR count). The first kappa shape index (κ1) is 16.0. The van der Waals surface area contributed by atoms with E-state index in [9.17, 15) is 9.59 Å². The molecule has 5 heteroatoms. The van der Waals surface area contributed by atoms with Crippen LogP contribution in [-0.4, -0.2) is 23.7 Å². The van der Waals surface area contributed by atoms with Gasteiger partial charge in [-0.15, -0.1) is 0 Å². The molecule has 0 saturated carbocycles. The number of benzene rings is 1. The molecule has 0 saturated heterocycles. The fourth-order valence-corrected chi connectivity index (χ4v) is 1.43. The van der Waals surface area contributed by atoms with Crippen molar-refractivity contribution in [1.29, 1.82) is 0 Å². The largest absolute Gasteiger partial charge is 0.444 e. The van der Waals surface area contributed by atoms with E-state index in [0.29, 0.717) is 5.75 Å². The Morgan fingerprint density at radius 3 is 2.45 bits per heavy atom. The number of alkyl carbamates (subject to hydrolysis) is 1. The van der Waals surface area contributed by atoms with Gasteiger partial charge >= 0.3 is 12.1 Å². The summed E-state index contributed by atoms with van der Waals surface area (Å²) in [7, 11) is 0. The van der Waals surface area contributed by atoms with E-state index >= 15 is 0 Å². The zero-order valence-electron chi connectivity index (χ0n) is 12.5. The molecule has 0 fully saturated rings. The van der Waals surface area contributed by atoms with Crippen molar-refractivity contribution in [3.8, 4) is 5.75 Å². The van der Waals surface area contributed by atoms with Gasteiger partial charge in [-0.3, -0.25) is 0 Å². The van der Waals surface area contributed by atoms with Crippen molar-refractivity contribution in [2.24, 2.45) is 0 Å². The lowest BCUT2D eigenvalue weighted by molar-refractivity contribution is -0.136. The highest BCUT2D eigenvalue weighted by Crippen LogP contribution is 2.13. The number of carbonyl (C=O) groups excluding carboxylic acids is 2. The SMILES string of the molecule is Cc1cccc(OC(=O)C(C)NC(=O)OC(C)(C)C)c1. The lowest BCUT2D eigenvalue weighted by atomic mass is 10.2. The van der Waals surface area contributed by atoms with Gasteiger partial charge in [-0.25, -0.2) is 9.59 Å². The van der Waals surface area contributed by atoms with Gasteiger partial charge in [0.25, 0.3) is 0 Å². The molecular formula is C15H21NO4. The van der Waals surface area contributed by atoms with Crippen molar-refractivity contribution in [2.45, 2.75) is 46.3 Å². The molecule has 0 spiro atoms. The summed E-state index contributed by atoms with van der Waals surface area (Å²) in [6, 6.07) is 6.35. The number of esters is 1. The van der Waals surface area contributed by atoms with Crippen molar-refractivity contribution < 1.29 is 19.1 Å². The summed E-state index contributed by atoms with van der Waals surface area (Å²) in [5.74, 6) is -0.0886. The predicted molar refractivity (Wildman–Crippen MR) is 75.6 cm³/mol. The predicted octanol–water partition coefficient (Wildman–Crippen LogP) is 2.81. The van der Waals surface area contributed by atoms with Crippen LogP contribution in [0.25, 0.3) is 0 Å². The summed E-state index contributed by atoms with van der Waals surface area (Å²) in [4.78, 5) is 23.4. The van der Waals surface area contributed by atoms with Gasteiger partial charge < -0.3 is 14.8 Å². The Labute approximate surface area is 119 Å². The molecule has 5 nitrogen and oxygen atoms in total. The van der Waals surface area contributed by atoms with Crippen molar-refractivity contribution in [3.63, 3.8) is 0 Å². The minimum atomic E-state index is -0.787. The molecule has 110 valence electrons. The zero-order valence-corrected chi connectivity index (χ0v) is 12.5. The number of hydrogen-bond donors (Lipinski definition) is 1. The third kappa shape index (κ3) is 5.73. The Morgan fingerprint density at radius 1 is 1.25 bits per heavy atom. The average Bonchev–Trinajstić information content (AvgIpc) is 2.25. The third-order valence-electron chi connectivity index (χ3n) is 2.29. The number of carbonyl (C=O) groups is 2. The highest BCUT2D eigenvalue weighted by molar-refractivity contribution is 5.82. The van der Waals surface area contributed by atoms with Crippen molar-refractivity contribution in [2.75, 3.05) is 0 Å². The van der Waals surface area contributed by atoms with Gasteiger partial charge in [-0.1, -0.05) is 12.1 Å². The quantitative estimate of drug-likeness (QED) is 0.682. The highest BCUT2D eigenvalue weighted by atomic mass is 16.6. The Bertz CT molecular complexity index is 491. The van der Waals surface area contributed by atoms with Crippen LogP contribution in [0, 0.1) is 6.92 Å². The Kier molecular flexibility index (Phi) is 5.13. The minimum Gasteiger partial charge on any atom is -0.444 e. The number of nitrogens with one attached hydrogen (secondary N) is 1. The maximum absolute atomic E-state index is 11.8. The molecule has 0 radical (unpaired) electrons. The second-order valence-electron chi connectivity index (χ2n) is 5.61. The molecule has 0 aliphatic carbocycles. The molecule has 0 heterocycles. The summed E-state index contributed by atoms with van der Waals surface area (Å²) in [6.07, 6.45) is -0.647. The molecule has 0 aliphatic heterocycles. The Hall–Kier alpha value is -2.04. The molecule has 1 amide bonds. The molecule has 1 unspecified atom stereocenters. The number of rotatable bonds is 3. The molecule has 20 heavy (non-hydrogen) atoms. The van der Waals surface area contributed by atoms with E-state index < -0.39 is 23.7 Å². The second-order valence-corrected chi connectivity index (χ2v) is 5.61. The van der Waals surface area contributed by atoms with Crippen LogP contribution in [0.3, 0.4) is 0 Å². The molecular weight excluding hydrogens is 258 g/mol. The molecule has 1 N–H and O–H groups in total. The number of hydrogen-bond acceptors (Lipinski definition) is 4.